The Morgan fingerprint density at radius 2 is 2.07 bits per heavy atom. The summed E-state index contributed by atoms with van der Waals surface area (Å²) in [4.78, 5) is 42.3. The Morgan fingerprint density at radius 1 is 1.36 bits per heavy atom. The number of urea groups is 1. The van der Waals surface area contributed by atoms with Crippen molar-refractivity contribution in [1.82, 2.24) is 15.1 Å². The van der Waals surface area contributed by atoms with Gasteiger partial charge in [-0.2, -0.15) is 0 Å². The van der Waals surface area contributed by atoms with E-state index in [0.717, 1.165) is 16.2 Å². The van der Waals surface area contributed by atoms with Gasteiger partial charge in [0, 0.05) is 11.4 Å². The van der Waals surface area contributed by atoms with Crippen molar-refractivity contribution in [2.75, 3.05) is 13.1 Å². The van der Waals surface area contributed by atoms with Crippen LogP contribution < -0.4 is 5.32 Å². The van der Waals surface area contributed by atoms with Crippen LogP contribution in [0.25, 0.3) is 0 Å². The third-order valence-corrected chi connectivity index (χ3v) is 6.84. The Hall–Kier alpha value is -1.60. The molecule has 1 aliphatic heterocycles. The van der Waals surface area contributed by atoms with Gasteiger partial charge < -0.3 is 10.2 Å². The monoisotopic (exact) mass is 425 g/mol. The van der Waals surface area contributed by atoms with Gasteiger partial charge in [-0.3, -0.25) is 14.5 Å². The zero-order chi connectivity index (χ0) is 20.7. The van der Waals surface area contributed by atoms with Crippen LogP contribution in [0.4, 0.5) is 4.79 Å². The first-order chi connectivity index (χ1) is 13.0. The third kappa shape index (κ3) is 4.20. The van der Waals surface area contributed by atoms with Gasteiger partial charge in [0.2, 0.25) is 5.91 Å². The minimum atomic E-state index is -0.878. The molecule has 1 aromatic rings. The number of imide groups is 1. The Bertz CT molecular complexity index is 793. The average Bonchev–Trinajstić information content (AvgIpc) is 3.07. The average molecular weight is 426 g/mol. The molecule has 28 heavy (non-hydrogen) atoms. The summed E-state index contributed by atoms with van der Waals surface area (Å²) in [5, 5.41) is 2.92. The summed E-state index contributed by atoms with van der Waals surface area (Å²) in [6, 6.07) is 3.22. The predicted octanol–water partition coefficient (Wildman–Crippen LogP) is 3.89. The topological polar surface area (TPSA) is 69.7 Å². The summed E-state index contributed by atoms with van der Waals surface area (Å²) in [5.74, 6) is -0.171. The predicted molar refractivity (Wildman–Crippen MR) is 110 cm³/mol. The first-order valence-corrected chi connectivity index (χ1v) is 10.9. The fourth-order valence-corrected chi connectivity index (χ4v) is 5.99. The molecule has 1 aromatic heterocycles. The van der Waals surface area contributed by atoms with Gasteiger partial charge >= 0.3 is 6.03 Å². The lowest BCUT2D eigenvalue weighted by Crippen LogP contribution is -2.54. The van der Waals surface area contributed by atoms with Crippen LogP contribution in [0.15, 0.2) is 12.1 Å². The number of nitrogens with one attached hydrogen (secondary N) is 1. The first-order valence-electron chi connectivity index (χ1n) is 9.71. The normalized spacial score (nSPS) is 26.6. The van der Waals surface area contributed by atoms with Gasteiger partial charge in [-0.15, -0.1) is 11.3 Å². The number of nitrogens with zero attached hydrogens (tertiary/aromatic N) is 2. The largest absolute Gasteiger partial charge is 0.336 e. The second-order valence-corrected chi connectivity index (χ2v) is 10.7. The second kappa shape index (κ2) is 7.67. The van der Waals surface area contributed by atoms with E-state index in [4.69, 9.17) is 11.6 Å². The van der Waals surface area contributed by atoms with E-state index in [1.54, 1.807) is 11.0 Å². The van der Waals surface area contributed by atoms with Crippen LogP contribution in [0.1, 0.15) is 51.8 Å². The molecule has 3 rings (SSSR count). The number of likely N-dealkylation sites (N-methyl/N-ethyl adjacent to an activating group) is 1. The lowest BCUT2D eigenvalue weighted by Gasteiger charge is -2.43. The van der Waals surface area contributed by atoms with Gasteiger partial charge in [0.05, 0.1) is 10.9 Å². The Morgan fingerprint density at radius 3 is 2.64 bits per heavy atom. The summed E-state index contributed by atoms with van der Waals surface area (Å²) in [6.07, 6.45) is 2.24. The van der Waals surface area contributed by atoms with Crippen molar-refractivity contribution in [2.45, 2.75) is 59.0 Å². The van der Waals surface area contributed by atoms with Crippen molar-refractivity contribution in [3.63, 3.8) is 0 Å². The van der Waals surface area contributed by atoms with Crippen molar-refractivity contribution in [1.29, 1.82) is 0 Å². The van der Waals surface area contributed by atoms with E-state index < -0.39 is 11.6 Å². The third-order valence-electron chi connectivity index (χ3n) is 5.63. The molecule has 4 amide bonds. The number of carbonyl (C=O) groups is 3. The van der Waals surface area contributed by atoms with Crippen LogP contribution in [-0.2, 0) is 16.1 Å². The molecule has 154 valence electrons. The Labute approximate surface area is 175 Å². The van der Waals surface area contributed by atoms with Gasteiger partial charge in [0.25, 0.3) is 5.91 Å². The molecular weight excluding hydrogens is 398 g/mol. The smallest absolute Gasteiger partial charge is 0.325 e. The lowest BCUT2D eigenvalue weighted by molar-refractivity contribution is -0.141. The van der Waals surface area contributed by atoms with Crippen LogP contribution in [0.5, 0.6) is 0 Å². The highest BCUT2D eigenvalue weighted by Crippen LogP contribution is 2.46. The van der Waals surface area contributed by atoms with Crippen molar-refractivity contribution >= 4 is 40.8 Å². The highest BCUT2D eigenvalue weighted by atomic mass is 35.5. The van der Waals surface area contributed by atoms with E-state index in [0.29, 0.717) is 36.2 Å². The molecule has 2 atom stereocenters. The van der Waals surface area contributed by atoms with E-state index in [1.807, 2.05) is 13.0 Å². The zero-order valence-electron chi connectivity index (χ0n) is 16.9. The number of hydrogen-bond acceptors (Lipinski definition) is 4. The number of hydrogen-bond donors (Lipinski definition) is 1. The molecule has 2 aliphatic rings. The van der Waals surface area contributed by atoms with E-state index in [1.165, 1.54) is 11.3 Å². The number of thiophene rings is 1. The molecule has 0 bridgehead atoms. The highest BCUT2D eigenvalue weighted by molar-refractivity contribution is 7.16. The van der Waals surface area contributed by atoms with Gasteiger partial charge in [-0.1, -0.05) is 32.4 Å². The summed E-state index contributed by atoms with van der Waals surface area (Å²) in [5.41, 5.74) is -0.911. The maximum atomic E-state index is 13.2. The summed E-state index contributed by atoms with van der Waals surface area (Å²) < 4.78 is 0.670. The van der Waals surface area contributed by atoms with Crippen molar-refractivity contribution in [3.8, 4) is 0 Å². The molecule has 8 heteroatoms. The minimum absolute atomic E-state index is 0.0332. The fraction of sp³-hybridized carbons (Fsp3) is 0.650. The SMILES string of the molecule is CCN(Cc1ccc(Cl)s1)C(=O)CN1C(=O)NC2(CC(C)CC(C)(C)C2)C1=O. The van der Waals surface area contributed by atoms with Gasteiger partial charge in [0.1, 0.15) is 12.1 Å². The lowest BCUT2D eigenvalue weighted by atomic mass is 9.64. The van der Waals surface area contributed by atoms with E-state index in [2.05, 4.69) is 26.1 Å². The van der Waals surface area contributed by atoms with Crippen molar-refractivity contribution in [3.05, 3.63) is 21.3 Å². The van der Waals surface area contributed by atoms with E-state index in [-0.39, 0.29) is 23.8 Å². The Balaban J connectivity index is 1.72. The van der Waals surface area contributed by atoms with Crippen LogP contribution in [-0.4, -0.2) is 46.3 Å². The van der Waals surface area contributed by atoms with Gasteiger partial charge in [0.15, 0.2) is 0 Å². The van der Waals surface area contributed by atoms with Gasteiger partial charge in [-0.25, -0.2) is 4.79 Å². The quantitative estimate of drug-likeness (QED) is 0.727. The molecule has 2 heterocycles. The van der Waals surface area contributed by atoms with Crippen LogP contribution >= 0.6 is 22.9 Å². The van der Waals surface area contributed by atoms with E-state index in [9.17, 15) is 14.4 Å². The first kappa shape index (κ1) is 21.1. The molecule has 0 aromatic carbocycles. The molecule has 0 radical (unpaired) electrons. The molecule has 1 aliphatic carbocycles. The van der Waals surface area contributed by atoms with E-state index >= 15 is 0 Å². The molecule has 1 saturated heterocycles. The number of carbonyl (C=O) groups excluding carboxylic acids is 3. The summed E-state index contributed by atoms with van der Waals surface area (Å²) >= 11 is 7.39. The number of halogens is 1. The fourth-order valence-electron chi connectivity index (χ4n) is 4.89. The van der Waals surface area contributed by atoms with Crippen LogP contribution in [0.2, 0.25) is 4.34 Å². The van der Waals surface area contributed by atoms with Crippen LogP contribution in [0.3, 0.4) is 0 Å². The molecule has 6 nitrogen and oxygen atoms in total. The molecule has 2 fully saturated rings. The number of rotatable bonds is 5. The standard InChI is InChI=1S/C20H28ClN3O3S/c1-5-23(10-14-6-7-15(21)28-14)16(25)11-24-17(26)20(22-18(24)27)9-13(2)8-19(3,4)12-20/h6-7,13H,5,8-12H2,1-4H3,(H,22,27). The highest BCUT2D eigenvalue weighted by Gasteiger charge is 2.56. The van der Waals surface area contributed by atoms with Crippen molar-refractivity contribution < 1.29 is 14.4 Å². The van der Waals surface area contributed by atoms with Crippen molar-refractivity contribution in [2.24, 2.45) is 11.3 Å². The molecule has 1 spiro atoms. The maximum absolute atomic E-state index is 13.2. The molecule has 1 saturated carbocycles. The Kier molecular flexibility index (Phi) is 5.79. The maximum Gasteiger partial charge on any atom is 0.325 e. The van der Waals surface area contributed by atoms with Crippen LogP contribution in [0, 0.1) is 11.3 Å². The van der Waals surface area contributed by atoms with Gasteiger partial charge in [-0.05, 0) is 49.7 Å². The number of amides is 4. The molecule has 2 unspecified atom stereocenters. The molecule has 1 N–H and O–H groups in total. The summed E-state index contributed by atoms with van der Waals surface area (Å²) in [7, 11) is 0. The second-order valence-electron chi connectivity index (χ2n) is 8.87. The minimum Gasteiger partial charge on any atom is -0.336 e. The summed E-state index contributed by atoms with van der Waals surface area (Å²) in [6.45, 7) is 8.94. The molecular formula is C20H28ClN3O3S. The zero-order valence-corrected chi connectivity index (χ0v) is 18.5.